The standard InChI is InChI=1S/C18H27N/c1-13-8-11-18(19-2)17-12-15(9-10-16(13)17)14-6-4-3-5-7-14/h9-10,12-14,18-19H,3-8,11H2,1-2H3. The van der Waals surface area contributed by atoms with Gasteiger partial charge < -0.3 is 5.32 Å². The van der Waals surface area contributed by atoms with E-state index in [9.17, 15) is 0 Å². The van der Waals surface area contributed by atoms with Crippen LogP contribution >= 0.6 is 0 Å². The summed E-state index contributed by atoms with van der Waals surface area (Å²) in [5.74, 6) is 1.56. The maximum absolute atomic E-state index is 3.51. The summed E-state index contributed by atoms with van der Waals surface area (Å²) in [6.07, 6.45) is 9.70. The predicted molar refractivity (Wildman–Crippen MR) is 81.7 cm³/mol. The lowest BCUT2D eigenvalue weighted by atomic mass is 9.77. The van der Waals surface area contributed by atoms with Crippen LogP contribution in [0.5, 0.6) is 0 Å². The van der Waals surface area contributed by atoms with Crippen molar-refractivity contribution in [2.24, 2.45) is 0 Å². The maximum atomic E-state index is 3.51. The molecule has 19 heavy (non-hydrogen) atoms. The van der Waals surface area contributed by atoms with Crippen molar-refractivity contribution in [1.82, 2.24) is 5.32 Å². The second kappa shape index (κ2) is 5.66. The number of hydrogen-bond donors (Lipinski definition) is 1. The highest BCUT2D eigenvalue weighted by Crippen LogP contribution is 2.40. The third-order valence-electron chi connectivity index (χ3n) is 5.33. The highest BCUT2D eigenvalue weighted by molar-refractivity contribution is 5.39. The molecule has 0 aliphatic heterocycles. The van der Waals surface area contributed by atoms with Crippen LogP contribution in [0.4, 0.5) is 0 Å². The van der Waals surface area contributed by atoms with Gasteiger partial charge in [0.1, 0.15) is 0 Å². The van der Waals surface area contributed by atoms with Crippen LogP contribution in [0, 0.1) is 0 Å². The van der Waals surface area contributed by atoms with E-state index >= 15 is 0 Å². The zero-order valence-electron chi connectivity index (χ0n) is 12.4. The summed E-state index contributed by atoms with van der Waals surface area (Å²) in [6.45, 7) is 2.38. The van der Waals surface area contributed by atoms with Crippen LogP contribution < -0.4 is 5.32 Å². The van der Waals surface area contributed by atoms with E-state index in [2.05, 4.69) is 37.5 Å². The van der Waals surface area contributed by atoms with Crippen molar-refractivity contribution < 1.29 is 0 Å². The van der Waals surface area contributed by atoms with E-state index < -0.39 is 0 Å². The molecule has 0 saturated heterocycles. The summed E-state index contributed by atoms with van der Waals surface area (Å²) in [5.41, 5.74) is 4.78. The van der Waals surface area contributed by atoms with E-state index in [4.69, 9.17) is 0 Å². The first-order chi connectivity index (χ1) is 9.29. The van der Waals surface area contributed by atoms with E-state index in [1.54, 1.807) is 16.7 Å². The van der Waals surface area contributed by atoms with Crippen LogP contribution in [0.15, 0.2) is 18.2 Å². The molecule has 1 fully saturated rings. The second-order valence-corrected chi connectivity index (χ2v) is 6.54. The zero-order valence-corrected chi connectivity index (χ0v) is 12.4. The number of rotatable bonds is 2. The molecule has 1 aromatic carbocycles. The number of hydrogen-bond acceptors (Lipinski definition) is 1. The van der Waals surface area contributed by atoms with Gasteiger partial charge in [-0.2, -0.15) is 0 Å². The van der Waals surface area contributed by atoms with Crippen LogP contribution in [0.1, 0.15) is 86.4 Å². The molecule has 2 aliphatic carbocycles. The highest BCUT2D eigenvalue weighted by atomic mass is 14.9. The van der Waals surface area contributed by atoms with Gasteiger partial charge in [0, 0.05) is 6.04 Å². The molecule has 0 bridgehead atoms. The Balaban J connectivity index is 1.92. The second-order valence-electron chi connectivity index (χ2n) is 6.54. The molecule has 1 N–H and O–H groups in total. The van der Waals surface area contributed by atoms with Crippen molar-refractivity contribution >= 4 is 0 Å². The minimum Gasteiger partial charge on any atom is -0.313 e. The minimum absolute atomic E-state index is 0.578. The smallest absolute Gasteiger partial charge is 0.0320 e. The molecule has 0 amide bonds. The van der Waals surface area contributed by atoms with Gasteiger partial charge >= 0.3 is 0 Å². The van der Waals surface area contributed by atoms with Gasteiger partial charge in [-0.25, -0.2) is 0 Å². The number of nitrogens with one attached hydrogen (secondary N) is 1. The van der Waals surface area contributed by atoms with E-state index in [0.717, 1.165) is 11.8 Å². The van der Waals surface area contributed by atoms with Gasteiger partial charge in [0.15, 0.2) is 0 Å². The van der Waals surface area contributed by atoms with Gasteiger partial charge in [0.2, 0.25) is 0 Å². The van der Waals surface area contributed by atoms with E-state index in [-0.39, 0.29) is 0 Å². The lowest BCUT2D eigenvalue weighted by Crippen LogP contribution is -2.23. The van der Waals surface area contributed by atoms with E-state index in [0.29, 0.717) is 6.04 Å². The Morgan fingerprint density at radius 2 is 1.74 bits per heavy atom. The molecular weight excluding hydrogens is 230 g/mol. The average Bonchev–Trinajstić information content (AvgIpc) is 2.48. The van der Waals surface area contributed by atoms with Crippen LogP contribution in [0.3, 0.4) is 0 Å². The Morgan fingerprint density at radius 3 is 2.47 bits per heavy atom. The van der Waals surface area contributed by atoms with Gasteiger partial charge in [-0.05, 0) is 61.3 Å². The van der Waals surface area contributed by atoms with Crippen molar-refractivity contribution in [1.29, 1.82) is 0 Å². The summed E-state index contributed by atoms with van der Waals surface area (Å²) in [6, 6.07) is 7.95. The Bertz CT molecular complexity index is 431. The minimum atomic E-state index is 0.578. The molecule has 104 valence electrons. The lowest BCUT2D eigenvalue weighted by Gasteiger charge is -2.31. The quantitative estimate of drug-likeness (QED) is 0.795. The molecular formula is C18H27N. The first kappa shape index (κ1) is 13.2. The fourth-order valence-corrected chi connectivity index (χ4v) is 4.06. The Hall–Kier alpha value is -0.820. The van der Waals surface area contributed by atoms with E-state index in [1.807, 2.05) is 0 Å². The Kier molecular flexibility index (Phi) is 3.93. The molecule has 1 heteroatoms. The van der Waals surface area contributed by atoms with Gasteiger partial charge in [0.05, 0.1) is 0 Å². The number of fused-ring (bicyclic) bond motifs is 1. The maximum Gasteiger partial charge on any atom is 0.0320 e. The Labute approximate surface area is 117 Å². The fraction of sp³-hybridized carbons (Fsp3) is 0.667. The predicted octanol–water partition coefficient (Wildman–Crippen LogP) is 4.89. The monoisotopic (exact) mass is 257 g/mol. The largest absolute Gasteiger partial charge is 0.313 e. The summed E-state index contributed by atoms with van der Waals surface area (Å²) in [4.78, 5) is 0. The lowest BCUT2D eigenvalue weighted by molar-refractivity contribution is 0.437. The van der Waals surface area contributed by atoms with Gasteiger partial charge in [-0.3, -0.25) is 0 Å². The molecule has 0 spiro atoms. The van der Waals surface area contributed by atoms with Crippen molar-refractivity contribution in [3.63, 3.8) is 0 Å². The summed E-state index contributed by atoms with van der Waals surface area (Å²) >= 11 is 0. The van der Waals surface area contributed by atoms with Crippen molar-refractivity contribution in [3.05, 3.63) is 34.9 Å². The molecule has 2 aliphatic rings. The molecule has 2 atom stereocenters. The van der Waals surface area contributed by atoms with Crippen LogP contribution in [0.25, 0.3) is 0 Å². The third kappa shape index (κ3) is 2.58. The molecule has 3 rings (SSSR count). The first-order valence-electron chi connectivity index (χ1n) is 8.10. The normalized spacial score (nSPS) is 28.1. The van der Waals surface area contributed by atoms with Crippen molar-refractivity contribution in [2.45, 2.75) is 69.7 Å². The summed E-state index contributed by atoms with van der Waals surface area (Å²) in [7, 11) is 2.11. The topological polar surface area (TPSA) is 12.0 Å². The molecule has 0 heterocycles. The first-order valence-corrected chi connectivity index (χ1v) is 8.10. The van der Waals surface area contributed by atoms with Gasteiger partial charge in [-0.1, -0.05) is 44.4 Å². The van der Waals surface area contributed by atoms with Crippen molar-refractivity contribution in [3.8, 4) is 0 Å². The fourth-order valence-electron chi connectivity index (χ4n) is 4.06. The van der Waals surface area contributed by atoms with Crippen molar-refractivity contribution in [2.75, 3.05) is 7.05 Å². The van der Waals surface area contributed by atoms with Crippen LogP contribution in [0.2, 0.25) is 0 Å². The summed E-state index contributed by atoms with van der Waals surface area (Å²) < 4.78 is 0. The molecule has 0 aromatic heterocycles. The Morgan fingerprint density at radius 1 is 0.947 bits per heavy atom. The number of benzene rings is 1. The van der Waals surface area contributed by atoms with Gasteiger partial charge in [0.25, 0.3) is 0 Å². The van der Waals surface area contributed by atoms with Gasteiger partial charge in [-0.15, -0.1) is 0 Å². The van der Waals surface area contributed by atoms with Crippen LogP contribution in [-0.2, 0) is 0 Å². The van der Waals surface area contributed by atoms with Crippen LogP contribution in [-0.4, -0.2) is 7.05 Å². The highest BCUT2D eigenvalue weighted by Gasteiger charge is 2.25. The van der Waals surface area contributed by atoms with E-state index in [1.165, 1.54) is 44.9 Å². The third-order valence-corrected chi connectivity index (χ3v) is 5.33. The molecule has 1 nitrogen and oxygen atoms in total. The molecule has 1 saturated carbocycles. The summed E-state index contributed by atoms with van der Waals surface area (Å²) in [5, 5.41) is 3.51. The SMILES string of the molecule is CNC1CCC(C)c2ccc(C3CCCCC3)cc21. The average molecular weight is 257 g/mol. The molecule has 2 unspecified atom stereocenters. The molecule has 1 aromatic rings. The molecule has 0 radical (unpaired) electrons. The zero-order chi connectivity index (χ0) is 13.2.